The van der Waals surface area contributed by atoms with E-state index in [0.717, 1.165) is 16.9 Å². The fourth-order valence-corrected chi connectivity index (χ4v) is 4.60. The summed E-state index contributed by atoms with van der Waals surface area (Å²) in [4.78, 5) is 12.3. The largest absolute Gasteiger partial charge is 0.494 e. The first kappa shape index (κ1) is 20.6. The van der Waals surface area contributed by atoms with Gasteiger partial charge in [-0.1, -0.05) is 41.4 Å². The number of nitriles is 1. The monoisotopic (exact) mass is 432 g/mol. The number of amides is 1. The molecule has 2 aromatic rings. The van der Waals surface area contributed by atoms with Crippen molar-refractivity contribution in [3.05, 3.63) is 74.2 Å². The molecule has 1 atom stereocenters. The van der Waals surface area contributed by atoms with Crippen LogP contribution in [-0.2, 0) is 10.5 Å². The topological polar surface area (TPSA) is 62.1 Å². The summed E-state index contributed by atoms with van der Waals surface area (Å²) < 4.78 is 5.47. The van der Waals surface area contributed by atoms with E-state index in [4.69, 9.17) is 27.9 Å². The maximum Gasteiger partial charge on any atom is 0.225 e. The normalized spacial score (nSPS) is 16.5. The molecule has 0 radical (unpaired) electrons. The highest BCUT2D eigenvalue weighted by molar-refractivity contribution is 8.02. The SMILES string of the molecule is CCOc1ccc([C@H]2CC(=O)NC(SCc3ccc(Cl)cc3Cl)=C2C#N)cc1. The Balaban J connectivity index is 1.85. The Labute approximate surface area is 178 Å². The predicted octanol–water partition coefficient (Wildman–Crippen LogP) is 5.66. The quantitative estimate of drug-likeness (QED) is 0.638. The second-order valence-corrected chi connectivity index (χ2v) is 8.02. The number of halogens is 2. The highest BCUT2D eigenvalue weighted by Gasteiger charge is 2.29. The number of nitrogens with zero attached hydrogens (tertiary/aromatic N) is 1. The molecule has 1 aliphatic rings. The molecule has 0 aromatic heterocycles. The summed E-state index contributed by atoms with van der Waals surface area (Å²) in [7, 11) is 0. The zero-order valence-electron chi connectivity index (χ0n) is 15.2. The standard InChI is InChI=1S/C21H18Cl2N2O2S/c1-2-27-16-7-4-13(5-8-16)17-10-20(26)25-21(18(17)11-24)28-12-14-3-6-15(22)9-19(14)23/h3-9,17H,2,10,12H2,1H3,(H,25,26)/t17-/m1/s1. The van der Waals surface area contributed by atoms with E-state index in [-0.39, 0.29) is 18.2 Å². The number of benzene rings is 2. The fourth-order valence-electron chi connectivity index (χ4n) is 2.97. The number of hydrogen-bond acceptors (Lipinski definition) is 4. The van der Waals surface area contributed by atoms with Crippen LogP contribution in [0.4, 0.5) is 0 Å². The number of ether oxygens (including phenoxy) is 1. The average molecular weight is 433 g/mol. The van der Waals surface area contributed by atoms with Crippen LogP contribution in [0, 0.1) is 11.3 Å². The zero-order chi connectivity index (χ0) is 20.1. The smallest absolute Gasteiger partial charge is 0.225 e. The highest BCUT2D eigenvalue weighted by atomic mass is 35.5. The summed E-state index contributed by atoms with van der Waals surface area (Å²) in [5.74, 6) is 0.897. The predicted molar refractivity (Wildman–Crippen MR) is 114 cm³/mol. The number of thioether (sulfide) groups is 1. The molecule has 0 saturated heterocycles. The van der Waals surface area contributed by atoms with Gasteiger partial charge >= 0.3 is 0 Å². The second kappa shape index (κ2) is 9.38. The minimum Gasteiger partial charge on any atom is -0.494 e. The molecule has 144 valence electrons. The Bertz CT molecular complexity index is 952. The lowest BCUT2D eigenvalue weighted by Gasteiger charge is -2.25. The van der Waals surface area contributed by atoms with Crippen LogP contribution in [0.5, 0.6) is 5.75 Å². The highest BCUT2D eigenvalue weighted by Crippen LogP contribution is 2.38. The van der Waals surface area contributed by atoms with Gasteiger partial charge in [-0.3, -0.25) is 4.79 Å². The minimum atomic E-state index is -0.280. The number of allylic oxidation sites excluding steroid dienone is 1. The van der Waals surface area contributed by atoms with E-state index in [1.807, 2.05) is 37.3 Å². The molecule has 0 bridgehead atoms. The number of nitrogens with one attached hydrogen (secondary N) is 1. The molecule has 1 heterocycles. The Morgan fingerprint density at radius 3 is 2.64 bits per heavy atom. The van der Waals surface area contributed by atoms with Gasteiger partial charge in [-0.15, -0.1) is 11.8 Å². The number of hydrogen-bond donors (Lipinski definition) is 1. The lowest BCUT2D eigenvalue weighted by molar-refractivity contribution is -0.120. The fraction of sp³-hybridized carbons (Fsp3) is 0.238. The third-order valence-electron chi connectivity index (χ3n) is 4.34. The van der Waals surface area contributed by atoms with Gasteiger partial charge in [0, 0.05) is 28.1 Å². The summed E-state index contributed by atoms with van der Waals surface area (Å²) in [6.07, 6.45) is 0.239. The van der Waals surface area contributed by atoms with Gasteiger partial charge in [0.25, 0.3) is 0 Å². The van der Waals surface area contributed by atoms with Gasteiger partial charge in [0.2, 0.25) is 5.91 Å². The van der Waals surface area contributed by atoms with E-state index >= 15 is 0 Å². The molecule has 1 amide bonds. The Hall–Kier alpha value is -2.13. The first-order valence-electron chi connectivity index (χ1n) is 8.75. The Kier molecular flexibility index (Phi) is 6.90. The van der Waals surface area contributed by atoms with E-state index in [2.05, 4.69) is 11.4 Å². The third kappa shape index (κ3) is 4.82. The van der Waals surface area contributed by atoms with Crippen molar-refractivity contribution in [3.8, 4) is 11.8 Å². The molecule has 0 saturated carbocycles. The van der Waals surface area contributed by atoms with Crippen molar-refractivity contribution in [2.45, 2.75) is 25.0 Å². The van der Waals surface area contributed by atoms with Gasteiger partial charge < -0.3 is 10.1 Å². The molecule has 4 nitrogen and oxygen atoms in total. The van der Waals surface area contributed by atoms with Crippen molar-refractivity contribution < 1.29 is 9.53 Å². The minimum absolute atomic E-state index is 0.109. The van der Waals surface area contributed by atoms with Crippen molar-refractivity contribution in [1.82, 2.24) is 5.32 Å². The van der Waals surface area contributed by atoms with E-state index in [9.17, 15) is 10.1 Å². The summed E-state index contributed by atoms with van der Waals surface area (Å²) in [5.41, 5.74) is 2.36. The van der Waals surface area contributed by atoms with Crippen LogP contribution in [0.15, 0.2) is 53.1 Å². The van der Waals surface area contributed by atoms with Crippen LogP contribution >= 0.6 is 35.0 Å². The van der Waals surface area contributed by atoms with E-state index < -0.39 is 0 Å². The van der Waals surface area contributed by atoms with Crippen LogP contribution < -0.4 is 10.1 Å². The maximum absolute atomic E-state index is 12.3. The number of carbonyl (C=O) groups is 1. The first-order valence-corrected chi connectivity index (χ1v) is 10.5. The lowest BCUT2D eigenvalue weighted by atomic mass is 9.87. The molecular formula is C21H18Cl2N2O2S. The molecule has 1 aliphatic heterocycles. The van der Waals surface area contributed by atoms with Crippen LogP contribution in [-0.4, -0.2) is 12.5 Å². The Morgan fingerprint density at radius 1 is 1.25 bits per heavy atom. The molecule has 0 fully saturated rings. The van der Waals surface area contributed by atoms with Gasteiger partial charge in [-0.2, -0.15) is 5.26 Å². The van der Waals surface area contributed by atoms with Crippen molar-refractivity contribution in [3.63, 3.8) is 0 Å². The van der Waals surface area contributed by atoms with Crippen LogP contribution in [0.2, 0.25) is 10.0 Å². The van der Waals surface area contributed by atoms with Crippen LogP contribution in [0.1, 0.15) is 30.4 Å². The van der Waals surface area contributed by atoms with Crippen molar-refractivity contribution in [1.29, 1.82) is 5.26 Å². The van der Waals surface area contributed by atoms with E-state index in [1.54, 1.807) is 12.1 Å². The third-order valence-corrected chi connectivity index (χ3v) is 5.99. The van der Waals surface area contributed by atoms with Gasteiger partial charge in [-0.25, -0.2) is 0 Å². The molecule has 7 heteroatoms. The summed E-state index contributed by atoms with van der Waals surface area (Å²) in [6.45, 7) is 2.51. The van der Waals surface area contributed by atoms with E-state index in [1.165, 1.54) is 11.8 Å². The summed E-state index contributed by atoms with van der Waals surface area (Å²) in [6, 6.07) is 15.1. The van der Waals surface area contributed by atoms with Gasteiger partial charge in [0.15, 0.2) is 0 Å². The maximum atomic E-state index is 12.3. The van der Waals surface area contributed by atoms with Crippen molar-refractivity contribution in [2.75, 3.05) is 6.61 Å². The zero-order valence-corrected chi connectivity index (χ0v) is 17.5. The molecule has 3 rings (SSSR count). The summed E-state index contributed by atoms with van der Waals surface area (Å²) >= 11 is 13.6. The van der Waals surface area contributed by atoms with Crippen LogP contribution in [0.25, 0.3) is 0 Å². The first-order chi connectivity index (χ1) is 13.5. The average Bonchev–Trinajstić information content (AvgIpc) is 2.68. The lowest BCUT2D eigenvalue weighted by Crippen LogP contribution is -2.30. The van der Waals surface area contributed by atoms with Crippen LogP contribution in [0.3, 0.4) is 0 Å². The second-order valence-electron chi connectivity index (χ2n) is 6.19. The van der Waals surface area contributed by atoms with Gasteiger partial charge in [-0.05, 0) is 42.3 Å². The molecule has 2 aromatic carbocycles. The summed E-state index contributed by atoms with van der Waals surface area (Å²) in [5, 5.41) is 14.3. The van der Waals surface area contributed by atoms with Gasteiger partial charge in [0.1, 0.15) is 5.75 Å². The number of carbonyl (C=O) groups excluding carboxylic acids is 1. The molecule has 28 heavy (non-hydrogen) atoms. The van der Waals surface area contributed by atoms with Crippen molar-refractivity contribution in [2.24, 2.45) is 0 Å². The molecular weight excluding hydrogens is 415 g/mol. The van der Waals surface area contributed by atoms with E-state index in [0.29, 0.717) is 33.0 Å². The molecule has 0 aliphatic carbocycles. The van der Waals surface area contributed by atoms with Crippen molar-refractivity contribution >= 4 is 40.9 Å². The molecule has 1 N–H and O–H groups in total. The number of rotatable bonds is 6. The Morgan fingerprint density at radius 2 is 2.00 bits per heavy atom. The molecule has 0 unspecified atom stereocenters. The van der Waals surface area contributed by atoms with Gasteiger partial charge in [0.05, 0.1) is 23.3 Å². The molecule has 0 spiro atoms.